The largest absolute Gasteiger partial charge is 0.376 e. The van der Waals surface area contributed by atoms with Crippen LogP contribution in [0.1, 0.15) is 24.8 Å². The molecule has 1 unspecified atom stereocenters. The predicted molar refractivity (Wildman–Crippen MR) is 93.5 cm³/mol. The first kappa shape index (κ1) is 16.3. The zero-order valence-corrected chi connectivity index (χ0v) is 14.5. The van der Waals surface area contributed by atoms with E-state index in [0.29, 0.717) is 6.10 Å². The zero-order valence-electron chi connectivity index (χ0n) is 13.7. The van der Waals surface area contributed by atoms with Crippen LogP contribution in [0.25, 0.3) is 0 Å². The van der Waals surface area contributed by atoms with Crippen molar-refractivity contribution in [2.45, 2.75) is 36.8 Å². The summed E-state index contributed by atoms with van der Waals surface area (Å²) in [5.41, 5.74) is 1.42. The Balaban J connectivity index is 1.57. The van der Waals surface area contributed by atoms with E-state index in [1.807, 2.05) is 11.8 Å². The van der Waals surface area contributed by atoms with Crippen LogP contribution in [0.3, 0.4) is 0 Å². The molecule has 1 aromatic rings. The molecule has 2 aliphatic rings. The lowest BCUT2D eigenvalue weighted by molar-refractivity contribution is 0.0308. The van der Waals surface area contributed by atoms with Crippen molar-refractivity contribution in [1.29, 1.82) is 0 Å². The minimum absolute atomic E-state index is 0.379. The fraction of sp³-hybridized carbons (Fsp3) is 0.667. The van der Waals surface area contributed by atoms with Crippen molar-refractivity contribution in [3.05, 3.63) is 29.8 Å². The van der Waals surface area contributed by atoms with Gasteiger partial charge >= 0.3 is 0 Å². The molecular weight excluding hydrogens is 292 g/mol. The molecule has 0 amide bonds. The van der Waals surface area contributed by atoms with Gasteiger partial charge < -0.3 is 9.64 Å². The van der Waals surface area contributed by atoms with Gasteiger partial charge in [-0.1, -0.05) is 12.1 Å². The molecule has 0 aromatic heterocycles. The van der Waals surface area contributed by atoms with Gasteiger partial charge in [-0.3, -0.25) is 4.90 Å². The van der Waals surface area contributed by atoms with Gasteiger partial charge in [0.15, 0.2) is 0 Å². The summed E-state index contributed by atoms with van der Waals surface area (Å²) in [6.07, 6.45) is 6.39. The second-order valence-electron chi connectivity index (χ2n) is 6.44. The Labute approximate surface area is 139 Å². The molecule has 0 radical (unpaired) electrons. The van der Waals surface area contributed by atoms with E-state index in [9.17, 15) is 0 Å². The first-order chi connectivity index (χ1) is 10.8. The fourth-order valence-corrected chi connectivity index (χ4v) is 3.99. The van der Waals surface area contributed by atoms with Crippen LogP contribution in [0.15, 0.2) is 29.2 Å². The van der Waals surface area contributed by atoms with Crippen LogP contribution in [-0.4, -0.2) is 61.5 Å². The minimum atomic E-state index is 0.379. The number of thioether (sulfide) groups is 1. The third-order valence-corrected chi connectivity index (χ3v) is 5.36. The summed E-state index contributed by atoms with van der Waals surface area (Å²) in [5.74, 6) is 0. The monoisotopic (exact) mass is 320 g/mol. The van der Waals surface area contributed by atoms with Gasteiger partial charge in [-0.15, -0.1) is 11.8 Å². The van der Waals surface area contributed by atoms with Crippen molar-refractivity contribution in [3.63, 3.8) is 0 Å². The lowest BCUT2D eigenvalue weighted by atomic mass is 10.2. The number of hydrogen-bond acceptors (Lipinski definition) is 4. The van der Waals surface area contributed by atoms with Crippen molar-refractivity contribution in [2.75, 3.05) is 45.6 Å². The van der Waals surface area contributed by atoms with E-state index in [-0.39, 0.29) is 0 Å². The van der Waals surface area contributed by atoms with Crippen LogP contribution in [0, 0.1) is 0 Å². The molecule has 2 aliphatic heterocycles. The Morgan fingerprint density at radius 1 is 1.14 bits per heavy atom. The molecule has 0 N–H and O–H groups in total. The molecular formula is C18H28N2OS. The van der Waals surface area contributed by atoms with Crippen molar-refractivity contribution >= 4 is 11.8 Å². The van der Waals surface area contributed by atoms with Gasteiger partial charge in [0.1, 0.15) is 0 Å². The predicted octanol–water partition coefficient (Wildman–Crippen LogP) is 3.10. The summed E-state index contributed by atoms with van der Waals surface area (Å²) in [6, 6.07) is 8.94. The molecule has 3 rings (SSSR count). The van der Waals surface area contributed by atoms with Gasteiger partial charge in [0.05, 0.1) is 6.10 Å². The molecule has 0 spiro atoms. The average Bonchev–Trinajstić information content (AvgIpc) is 2.94. The lowest BCUT2D eigenvalue weighted by Gasteiger charge is -2.27. The molecule has 4 heteroatoms. The summed E-state index contributed by atoms with van der Waals surface area (Å²) in [7, 11) is 0. The maximum atomic E-state index is 6.09. The maximum Gasteiger partial charge on any atom is 0.0828 e. The second kappa shape index (κ2) is 8.34. The van der Waals surface area contributed by atoms with Crippen molar-refractivity contribution < 1.29 is 4.74 Å². The van der Waals surface area contributed by atoms with Crippen molar-refractivity contribution in [3.8, 4) is 0 Å². The Hall–Kier alpha value is -0.550. The van der Waals surface area contributed by atoms with Crippen LogP contribution in [0.2, 0.25) is 0 Å². The molecule has 2 fully saturated rings. The van der Waals surface area contributed by atoms with Crippen LogP contribution in [0.4, 0.5) is 0 Å². The second-order valence-corrected chi connectivity index (χ2v) is 7.32. The van der Waals surface area contributed by atoms with Crippen LogP contribution < -0.4 is 0 Å². The van der Waals surface area contributed by atoms with Crippen LogP contribution in [0.5, 0.6) is 0 Å². The Kier molecular flexibility index (Phi) is 6.19. The van der Waals surface area contributed by atoms with Crippen molar-refractivity contribution in [2.24, 2.45) is 0 Å². The number of ether oxygens (including phenoxy) is 1. The maximum absolute atomic E-state index is 6.09. The number of hydrogen-bond donors (Lipinski definition) is 0. The van der Waals surface area contributed by atoms with E-state index in [1.54, 1.807) is 0 Å². The molecule has 0 bridgehead atoms. The van der Waals surface area contributed by atoms with Crippen molar-refractivity contribution in [1.82, 2.24) is 9.80 Å². The van der Waals surface area contributed by atoms with Gasteiger partial charge in [0.25, 0.3) is 0 Å². The summed E-state index contributed by atoms with van der Waals surface area (Å²) in [6.45, 7) is 7.82. The normalized spacial score (nSPS) is 24.5. The molecule has 1 aromatic carbocycles. The smallest absolute Gasteiger partial charge is 0.0828 e. The number of benzene rings is 1. The first-order valence-electron chi connectivity index (χ1n) is 8.53. The third-order valence-electron chi connectivity index (χ3n) is 4.63. The Morgan fingerprint density at radius 3 is 2.77 bits per heavy atom. The molecule has 2 heterocycles. The molecule has 3 nitrogen and oxygen atoms in total. The highest BCUT2D eigenvalue weighted by Gasteiger charge is 2.22. The molecule has 22 heavy (non-hydrogen) atoms. The zero-order chi connectivity index (χ0) is 15.2. The highest BCUT2D eigenvalue weighted by molar-refractivity contribution is 7.98. The summed E-state index contributed by atoms with van der Waals surface area (Å²) < 4.78 is 6.09. The summed E-state index contributed by atoms with van der Waals surface area (Å²) in [4.78, 5) is 6.51. The number of nitrogens with zero attached hydrogens (tertiary/aromatic N) is 2. The highest BCUT2D eigenvalue weighted by atomic mass is 32.2. The summed E-state index contributed by atoms with van der Waals surface area (Å²) >= 11 is 1.82. The van der Waals surface area contributed by atoms with Gasteiger partial charge in [-0.2, -0.15) is 0 Å². The standard InChI is InChI=1S/C18H28N2OS/c1-22-18-7-4-6-16(12-18)13-20-10-5-11-21-17(15-20)14-19-8-2-3-9-19/h4,6-7,12,17H,2-3,5,8-11,13-15H2,1H3. The van der Waals surface area contributed by atoms with Gasteiger partial charge in [-0.25, -0.2) is 0 Å². The fourth-order valence-electron chi connectivity index (χ4n) is 3.51. The quantitative estimate of drug-likeness (QED) is 0.774. The van der Waals surface area contributed by atoms with E-state index in [2.05, 4.69) is 40.3 Å². The molecule has 0 aliphatic carbocycles. The Morgan fingerprint density at radius 2 is 1.95 bits per heavy atom. The number of rotatable bonds is 5. The minimum Gasteiger partial charge on any atom is -0.376 e. The van der Waals surface area contributed by atoms with E-state index in [0.717, 1.165) is 39.2 Å². The SMILES string of the molecule is CSc1cccc(CN2CCCOC(CN3CCCC3)C2)c1. The van der Waals surface area contributed by atoms with Crippen LogP contribution in [-0.2, 0) is 11.3 Å². The molecule has 2 saturated heterocycles. The van der Waals surface area contributed by atoms with Gasteiger partial charge in [-0.05, 0) is 56.3 Å². The Bertz CT molecular complexity index is 462. The van der Waals surface area contributed by atoms with E-state index >= 15 is 0 Å². The number of likely N-dealkylation sites (tertiary alicyclic amines) is 1. The average molecular weight is 321 g/mol. The molecule has 0 saturated carbocycles. The van der Waals surface area contributed by atoms with Crippen LogP contribution >= 0.6 is 11.8 Å². The molecule has 1 atom stereocenters. The van der Waals surface area contributed by atoms with E-state index in [1.165, 1.54) is 36.4 Å². The first-order valence-corrected chi connectivity index (χ1v) is 9.75. The third kappa shape index (κ3) is 4.72. The highest BCUT2D eigenvalue weighted by Crippen LogP contribution is 2.19. The van der Waals surface area contributed by atoms with E-state index < -0.39 is 0 Å². The van der Waals surface area contributed by atoms with Gasteiger partial charge in [0, 0.05) is 37.7 Å². The van der Waals surface area contributed by atoms with Gasteiger partial charge in [0.2, 0.25) is 0 Å². The lowest BCUT2D eigenvalue weighted by Crippen LogP contribution is -2.39. The topological polar surface area (TPSA) is 15.7 Å². The summed E-state index contributed by atoms with van der Waals surface area (Å²) in [5, 5.41) is 0. The van der Waals surface area contributed by atoms with E-state index in [4.69, 9.17) is 4.74 Å². The molecule has 122 valence electrons.